The van der Waals surface area contributed by atoms with Crippen LogP contribution in [0.15, 0.2) is 36.5 Å². The van der Waals surface area contributed by atoms with E-state index in [0.29, 0.717) is 11.5 Å². The first kappa shape index (κ1) is 10.9. The van der Waals surface area contributed by atoms with E-state index in [-0.39, 0.29) is 11.3 Å². The average Bonchev–Trinajstić information content (AvgIpc) is 2.25. The molecule has 1 atom stereocenters. The highest BCUT2D eigenvalue weighted by Crippen LogP contribution is 2.32. The van der Waals surface area contributed by atoms with Gasteiger partial charge in [-0.3, -0.25) is 10.0 Å². The lowest BCUT2D eigenvalue weighted by Crippen LogP contribution is -2.35. The third-order valence-electron chi connectivity index (χ3n) is 3.07. The molecule has 1 unspecified atom stereocenters. The summed E-state index contributed by atoms with van der Waals surface area (Å²) in [5.74, 6) is -0.273. The van der Waals surface area contributed by atoms with Crippen molar-refractivity contribution in [3.05, 3.63) is 47.7 Å². The van der Waals surface area contributed by atoms with Crippen LogP contribution in [0, 0.1) is 6.92 Å². The summed E-state index contributed by atoms with van der Waals surface area (Å²) >= 11 is 0. The minimum absolute atomic E-state index is 0.273. The molecule has 1 heterocycles. The Bertz CT molecular complexity index is 436. The first-order chi connectivity index (χ1) is 7.51. The van der Waals surface area contributed by atoms with Crippen molar-refractivity contribution in [2.45, 2.75) is 25.7 Å². The lowest BCUT2D eigenvalue weighted by molar-refractivity contribution is -0.156. The Kier molecular flexibility index (Phi) is 2.56. The molecule has 3 nitrogen and oxygen atoms in total. The second-order valence-electron chi connectivity index (χ2n) is 4.51. The third-order valence-corrected chi connectivity index (χ3v) is 3.07. The number of carbonyl (C=O) groups excluding carboxylic acids is 1. The SMILES string of the molecule is Cc1ccc(C2(C)C=CN(O)C(=O)C2)cc1. The number of allylic oxidation sites excluding steroid dienone is 1. The number of rotatable bonds is 1. The van der Waals surface area contributed by atoms with Crippen molar-refractivity contribution >= 4 is 5.91 Å². The molecule has 0 aromatic heterocycles. The van der Waals surface area contributed by atoms with Crippen LogP contribution in [0.4, 0.5) is 0 Å². The van der Waals surface area contributed by atoms with Crippen LogP contribution >= 0.6 is 0 Å². The van der Waals surface area contributed by atoms with Gasteiger partial charge in [0, 0.05) is 18.0 Å². The van der Waals surface area contributed by atoms with E-state index in [0.717, 1.165) is 5.56 Å². The molecule has 1 N–H and O–H groups in total. The van der Waals surface area contributed by atoms with Gasteiger partial charge in [0.05, 0.1) is 0 Å². The van der Waals surface area contributed by atoms with Gasteiger partial charge < -0.3 is 0 Å². The van der Waals surface area contributed by atoms with E-state index in [1.165, 1.54) is 11.8 Å². The minimum atomic E-state index is -0.315. The van der Waals surface area contributed by atoms with Gasteiger partial charge in [-0.25, -0.2) is 0 Å². The standard InChI is InChI=1S/C13H15NO2/c1-10-3-5-11(6-4-10)13(2)7-8-14(16)12(15)9-13/h3-8,16H,9H2,1-2H3. The van der Waals surface area contributed by atoms with E-state index in [1.54, 1.807) is 0 Å². The van der Waals surface area contributed by atoms with Crippen LogP contribution in [-0.2, 0) is 10.2 Å². The molecule has 3 heteroatoms. The molecule has 0 saturated heterocycles. The van der Waals surface area contributed by atoms with Crippen LogP contribution in [0.2, 0.25) is 0 Å². The maximum atomic E-state index is 11.5. The highest BCUT2D eigenvalue weighted by molar-refractivity contribution is 5.79. The molecule has 1 aromatic carbocycles. The second kappa shape index (κ2) is 3.76. The van der Waals surface area contributed by atoms with Gasteiger partial charge in [0.25, 0.3) is 5.91 Å². The van der Waals surface area contributed by atoms with Crippen LogP contribution in [0.1, 0.15) is 24.5 Å². The monoisotopic (exact) mass is 217 g/mol. The van der Waals surface area contributed by atoms with Crippen molar-refractivity contribution in [2.24, 2.45) is 0 Å². The summed E-state index contributed by atoms with van der Waals surface area (Å²) in [5.41, 5.74) is 1.97. The highest BCUT2D eigenvalue weighted by Gasteiger charge is 2.32. The van der Waals surface area contributed by atoms with Crippen molar-refractivity contribution in [2.75, 3.05) is 0 Å². The average molecular weight is 217 g/mol. The maximum Gasteiger partial charge on any atom is 0.251 e. The molecule has 0 saturated carbocycles. The largest absolute Gasteiger partial charge is 0.281 e. The topological polar surface area (TPSA) is 40.5 Å². The van der Waals surface area contributed by atoms with Crippen LogP contribution in [-0.4, -0.2) is 16.2 Å². The Hall–Kier alpha value is -1.61. The van der Waals surface area contributed by atoms with E-state index in [1.807, 2.05) is 44.2 Å². The lowest BCUT2D eigenvalue weighted by atomic mass is 9.78. The number of hydrogen-bond acceptors (Lipinski definition) is 2. The van der Waals surface area contributed by atoms with E-state index < -0.39 is 0 Å². The Labute approximate surface area is 95.0 Å². The van der Waals surface area contributed by atoms with Crippen LogP contribution < -0.4 is 0 Å². The van der Waals surface area contributed by atoms with Gasteiger partial charge in [-0.1, -0.05) is 42.8 Å². The number of carbonyl (C=O) groups is 1. The molecule has 0 spiro atoms. The molecular formula is C13H15NO2. The molecular weight excluding hydrogens is 202 g/mol. The minimum Gasteiger partial charge on any atom is -0.281 e. The molecule has 0 aliphatic carbocycles. The van der Waals surface area contributed by atoms with Crippen molar-refractivity contribution in [1.29, 1.82) is 0 Å². The summed E-state index contributed by atoms with van der Waals surface area (Å²) in [4.78, 5) is 11.5. The zero-order valence-electron chi connectivity index (χ0n) is 9.47. The third kappa shape index (κ3) is 1.86. The van der Waals surface area contributed by atoms with E-state index in [4.69, 9.17) is 0 Å². The first-order valence-corrected chi connectivity index (χ1v) is 5.29. The van der Waals surface area contributed by atoms with Crippen molar-refractivity contribution in [1.82, 2.24) is 5.06 Å². The zero-order valence-corrected chi connectivity index (χ0v) is 9.47. The molecule has 1 aliphatic heterocycles. The quantitative estimate of drug-likeness (QED) is 0.734. The first-order valence-electron chi connectivity index (χ1n) is 5.29. The highest BCUT2D eigenvalue weighted by atomic mass is 16.5. The number of hydroxylamine groups is 2. The fourth-order valence-electron chi connectivity index (χ4n) is 1.90. The summed E-state index contributed by atoms with van der Waals surface area (Å²) in [6.45, 7) is 4.03. The van der Waals surface area contributed by atoms with E-state index in [9.17, 15) is 10.0 Å². The van der Waals surface area contributed by atoms with Crippen molar-refractivity contribution in [3.63, 3.8) is 0 Å². The molecule has 0 bridgehead atoms. The number of hydrogen-bond donors (Lipinski definition) is 1. The molecule has 0 radical (unpaired) electrons. The molecule has 16 heavy (non-hydrogen) atoms. The fraction of sp³-hybridized carbons (Fsp3) is 0.308. The van der Waals surface area contributed by atoms with E-state index >= 15 is 0 Å². The summed E-state index contributed by atoms with van der Waals surface area (Å²) in [6, 6.07) is 8.12. The van der Waals surface area contributed by atoms with Crippen LogP contribution in [0.3, 0.4) is 0 Å². The number of benzene rings is 1. The smallest absolute Gasteiger partial charge is 0.251 e. The van der Waals surface area contributed by atoms with Gasteiger partial charge >= 0.3 is 0 Å². The summed E-state index contributed by atoms with van der Waals surface area (Å²) in [5, 5.41) is 9.85. The predicted molar refractivity (Wildman–Crippen MR) is 60.9 cm³/mol. The normalized spacial score (nSPS) is 24.9. The summed E-state index contributed by atoms with van der Waals surface area (Å²) in [7, 11) is 0. The Morgan fingerprint density at radius 1 is 1.31 bits per heavy atom. The Balaban J connectivity index is 2.36. The number of nitrogens with zero attached hydrogens (tertiary/aromatic N) is 1. The molecule has 1 amide bonds. The zero-order chi connectivity index (χ0) is 11.8. The van der Waals surface area contributed by atoms with E-state index in [2.05, 4.69) is 0 Å². The maximum absolute atomic E-state index is 11.5. The summed E-state index contributed by atoms with van der Waals surface area (Å²) < 4.78 is 0. The molecule has 2 rings (SSSR count). The van der Waals surface area contributed by atoms with Crippen molar-refractivity contribution in [3.8, 4) is 0 Å². The molecule has 1 aliphatic rings. The fourth-order valence-corrected chi connectivity index (χ4v) is 1.90. The van der Waals surface area contributed by atoms with Crippen LogP contribution in [0.5, 0.6) is 0 Å². The van der Waals surface area contributed by atoms with Gasteiger partial charge in [0.15, 0.2) is 0 Å². The van der Waals surface area contributed by atoms with Gasteiger partial charge in [0.2, 0.25) is 0 Å². The van der Waals surface area contributed by atoms with Gasteiger partial charge in [0.1, 0.15) is 0 Å². The second-order valence-corrected chi connectivity index (χ2v) is 4.51. The predicted octanol–water partition coefficient (Wildman–Crippen LogP) is 2.39. The number of aryl methyl sites for hydroxylation is 1. The van der Waals surface area contributed by atoms with Gasteiger partial charge in [-0.05, 0) is 12.5 Å². The lowest BCUT2D eigenvalue weighted by Gasteiger charge is -2.31. The van der Waals surface area contributed by atoms with Gasteiger partial charge in [-0.15, -0.1) is 0 Å². The van der Waals surface area contributed by atoms with Crippen LogP contribution in [0.25, 0.3) is 0 Å². The van der Waals surface area contributed by atoms with Crippen molar-refractivity contribution < 1.29 is 10.0 Å². The Morgan fingerprint density at radius 2 is 1.94 bits per heavy atom. The Morgan fingerprint density at radius 3 is 2.50 bits per heavy atom. The number of amides is 1. The molecule has 0 fully saturated rings. The molecule has 84 valence electrons. The summed E-state index contributed by atoms with van der Waals surface area (Å²) in [6.07, 6.45) is 3.58. The van der Waals surface area contributed by atoms with Gasteiger partial charge in [-0.2, -0.15) is 5.06 Å². The molecule has 1 aromatic rings.